The fraction of sp³-hybridized carbons (Fsp3) is 0.235. The summed E-state index contributed by atoms with van der Waals surface area (Å²) in [4.78, 5) is 6.39. The zero-order valence-corrected chi connectivity index (χ0v) is 14.1. The Labute approximate surface area is 138 Å². The molecular weight excluding hydrogens is 347 g/mol. The van der Waals surface area contributed by atoms with E-state index in [0.717, 1.165) is 10.0 Å². The molecule has 0 aromatic heterocycles. The molecule has 0 heterocycles. The topological polar surface area (TPSA) is 35.8 Å². The number of halogens is 2. The molecule has 0 aliphatic rings. The maximum atomic E-state index is 13.4. The van der Waals surface area contributed by atoms with Crippen molar-refractivity contribution in [2.75, 3.05) is 20.6 Å². The summed E-state index contributed by atoms with van der Waals surface area (Å²) in [6.45, 7) is 0.475. The van der Waals surface area contributed by atoms with E-state index in [4.69, 9.17) is 0 Å². The standard InChI is InChI=1S/C17H18BrFN2O/c1-21(2)16(12-4-3-5-15(19)9-12)11-20-10-13-8-14(18)6-7-17(13)22/h3-10,16,22H,11H2,1-2H3/t16-/m0/s1. The van der Waals surface area contributed by atoms with Crippen LogP contribution in [-0.2, 0) is 0 Å². The number of likely N-dealkylation sites (N-methyl/N-ethyl adjacent to an activating group) is 1. The van der Waals surface area contributed by atoms with E-state index in [1.807, 2.05) is 25.1 Å². The van der Waals surface area contributed by atoms with Gasteiger partial charge < -0.3 is 10.0 Å². The molecular formula is C17H18BrFN2O. The van der Waals surface area contributed by atoms with E-state index in [-0.39, 0.29) is 17.6 Å². The minimum absolute atomic E-state index is 0.0266. The predicted molar refractivity (Wildman–Crippen MR) is 91.1 cm³/mol. The first kappa shape index (κ1) is 16.6. The van der Waals surface area contributed by atoms with Gasteiger partial charge in [0, 0.05) is 16.3 Å². The van der Waals surface area contributed by atoms with Crippen LogP contribution in [0.3, 0.4) is 0 Å². The molecule has 0 amide bonds. The lowest BCUT2D eigenvalue weighted by Crippen LogP contribution is -2.22. The molecule has 0 aliphatic heterocycles. The van der Waals surface area contributed by atoms with Crippen LogP contribution < -0.4 is 0 Å². The molecule has 3 nitrogen and oxygen atoms in total. The molecule has 0 saturated heterocycles. The quantitative estimate of drug-likeness (QED) is 0.813. The zero-order chi connectivity index (χ0) is 16.1. The van der Waals surface area contributed by atoms with Gasteiger partial charge in [-0.05, 0) is 50.0 Å². The largest absolute Gasteiger partial charge is 0.507 e. The van der Waals surface area contributed by atoms with Crippen LogP contribution in [0.25, 0.3) is 0 Å². The van der Waals surface area contributed by atoms with Gasteiger partial charge >= 0.3 is 0 Å². The van der Waals surface area contributed by atoms with Crippen molar-refractivity contribution in [2.24, 2.45) is 4.99 Å². The molecule has 2 aromatic carbocycles. The van der Waals surface area contributed by atoms with E-state index in [1.54, 1.807) is 30.5 Å². The third kappa shape index (κ3) is 4.39. The lowest BCUT2D eigenvalue weighted by molar-refractivity contribution is 0.306. The lowest BCUT2D eigenvalue weighted by Gasteiger charge is -2.23. The molecule has 0 bridgehead atoms. The van der Waals surface area contributed by atoms with Crippen LogP contribution >= 0.6 is 15.9 Å². The van der Waals surface area contributed by atoms with Crippen molar-refractivity contribution in [3.05, 3.63) is 63.9 Å². The fourth-order valence-electron chi connectivity index (χ4n) is 2.16. The number of aromatic hydroxyl groups is 1. The number of aliphatic imine (C=N–C) groups is 1. The van der Waals surface area contributed by atoms with E-state index in [0.29, 0.717) is 12.1 Å². The predicted octanol–water partition coefficient (Wildman–Crippen LogP) is 4.02. The highest BCUT2D eigenvalue weighted by molar-refractivity contribution is 9.10. The smallest absolute Gasteiger partial charge is 0.124 e. The SMILES string of the molecule is CN(C)[C@@H](CN=Cc1cc(Br)ccc1O)c1cccc(F)c1. The molecule has 2 aromatic rings. The van der Waals surface area contributed by atoms with Gasteiger partial charge in [-0.1, -0.05) is 28.1 Å². The molecule has 5 heteroatoms. The normalized spacial score (nSPS) is 13.0. The molecule has 1 atom stereocenters. The fourth-order valence-corrected chi connectivity index (χ4v) is 2.54. The van der Waals surface area contributed by atoms with Crippen LogP contribution in [0.15, 0.2) is 51.9 Å². The summed E-state index contributed by atoms with van der Waals surface area (Å²) >= 11 is 3.36. The number of hydrogen-bond acceptors (Lipinski definition) is 3. The van der Waals surface area contributed by atoms with Gasteiger partial charge in [0.2, 0.25) is 0 Å². The Morgan fingerprint density at radius 2 is 2.05 bits per heavy atom. The second-order valence-corrected chi connectivity index (χ2v) is 6.15. The molecule has 0 saturated carbocycles. The highest BCUT2D eigenvalue weighted by atomic mass is 79.9. The van der Waals surface area contributed by atoms with Crippen molar-refractivity contribution >= 4 is 22.1 Å². The molecule has 22 heavy (non-hydrogen) atoms. The Balaban J connectivity index is 2.15. The van der Waals surface area contributed by atoms with Crippen LogP contribution in [0.5, 0.6) is 5.75 Å². The van der Waals surface area contributed by atoms with Crippen LogP contribution in [0.4, 0.5) is 4.39 Å². The second-order valence-electron chi connectivity index (χ2n) is 5.23. The van der Waals surface area contributed by atoms with Crippen LogP contribution in [-0.4, -0.2) is 36.9 Å². The molecule has 0 spiro atoms. The van der Waals surface area contributed by atoms with E-state index >= 15 is 0 Å². The molecule has 2 rings (SSSR count). The van der Waals surface area contributed by atoms with Crippen LogP contribution in [0.1, 0.15) is 17.2 Å². The zero-order valence-electron chi connectivity index (χ0n) is 12.5. The number of hydrogen-bond donors (Lipinski definition) is 1. The summed E-state index contributed by atoms with van der Waals surface area (Å²) in [5, 5.41) is 9.79. The number of rotatable bonds is 5. The summed E-state index contributed by atoms with van der Waals surface area (Å²) < 4.78 is 14.3. The third-order valence-corrected chi connectivity index (χ3v) is 3.85. The minimum Gasteiger partial charge on any atom is -0.507 e. The summed E-state index contributed by atoms with van der Waals surface area (Å²) in [6, 6.07) is 11.7. The first-order chi connectivity index (χ1) is 10.5. The van der Waals surface area contributed by atoms with E-state index in [9.17, 15) is 9.50 Å². The van der Waals surface area contributed by atoms with Crippen molar-refractivity contribution in [3.8, 4) is 5.75 Å². The van der Waals surface area contributed by atoms with Gasteiger partial charge in [-0.25, -0.2) is 4.39 Å². The summed E-state index contributed by atoms with van der Waals surface area (Å²) in [7, 11) is 3.86. The number of nitrogens with zero attached hydrogens (tertiary/aromatic N) is 2. The second kappa shape index (κ2) is 7.51. The van der Waals surface area contributed by atoms with Gasteiger partial charge in [0.05, 0.1) is 12.6 Å². The molecule has 0 fully saturated rings. The maximum Gasteiger partial charge on any atom is 0.124 e. The average Bonchev–Trinajstić information content (AvgIpc) is 2.46. The highest BCUT2D eigenvalue weighted by Crippen LogP contribution is 2.22. The Morgan fingerprint density at radius 3 is 2.73 bits per heavy atom. The van der Waals surface area contributed by atoms with Gasteiger partial charge in [0.15, 0.2) is 0 Å². The van der Waals surface area contributed by atoms with Gasteiger partial charge in [0.25, 0.3) is 0 Å². The van der Waals surface area contributed by atoms with Crippen molar-refractivity contribution in [1.82, 2.24) is 4.90 Å². The molecule has 1 N–H and O–H groups in total. The first-order valence-corrected chi connectivity index (χ1v) is 7.67. The number of benzene rings is 2. The van der Waals surface area contributed by atoms with Crippen LogP contribution in [0, 0.1) is 5.82 Å². The number of phenolic OH excluding ortho intramolecular Hbond substituents is 1. The average molecular weight is 365 g/mol. The van der Waals surface area contributed by atoms with Gasteiger partial charge in [-0.3, -0.25) is 4.99 Å². The van der Waals surface area contributed by atoms with Gasteiger partial charge in [0.1, 0.15) is 11.6 Å². The molecule has 0 radical (unpaired) electrons. The Morgan fingerprint density at radius 1 is 1.27 bits per heavy atom. The molecule has 116 valence electrons. The van der Waals surface area contributed by atoms with Gasteiger partial charge in [-0.2, -0.15) is 0 Å². The Bertz CT molecular complexity index is 673. The monoisotopic (exact) mass is 364 g/mol. The van der Waals surface area contributed by atoms with Crippen molar-refractivity contribution in [2.45, 2.75) is 6.04 Å². The van der Waals surface area contributed by atoms with Crippen molar-refractivity contribution < 1.29 is 9.50 Å². The van der Waals surface area contributed by atoms with Crippen molar-refractivity contribution in [3.63, 3.8) is 0 Å². The molecule has 0 aliphatic carbocycles. The molecule has 0 unspecified atom stereocenters. The highest BCUT2D eigenvalue weighted by Gasteiger charge is 2.13. The maximum absolute atomic E-state index is 13.4. The van der Waals surface area contributed by atoms with Crippen LogP contribution in [0.2, 0.25) is 0 Å². The van der Waals surface area contributed by atoms with Gasteiger partial charge in [-0.15, -0.1) is 0 Å². The lowest BCUT2D eigenvalue weighted by atomic mass is 10.1. The first-order valence-electron chi connectivity index (χ1n) is 6.87. The van der Waals surface area contributed by atoms with E-state index in [2.05, 4.69) is 20.9 Å². The summed E-state index contributed by atoms with van der Waals surface area (Å²) in [5.41, 5.74) is 1.52. The Hall–Kier alpha value is -1.72. The Kier molecular flexibility index (Phi) is 5.69. The summed E-state index contributed by atoms with van der Waals surface area (Å²) in [5.74, 6) is -0.0722. The number of phenols is 1. The minimum atomic E-state index is -0.252. The van der Waals surface area contributed by atoms with Crippen molar-refractivity contribution in [1.29, 1.82) is 0 Å². The van der Waals surface area contributed by atoms with E-state index < -0.39 is 0 Å². The van der Waals surface area contributed by atoms with E-state index in [1.165, 1.54) is 12.1 Å². The third-order valence-electron chi connectivity index (χ3n) is 3.36. The summed E-state index contributed by atoms with van der Waals surface area (Å²) in [6.07, 6.45) is 1.63.